The van der Waals surface area contributed by atoms with Gasteiger partial charge in [0.25, 0.3) is 0 Å². The van der Waals surface area contributed by atoms with Gasteiger partial charge < -0.3 is 4.90 Å². The number of rotatable bonds is 1. The van der Waals surface area contributed by atoms with Crippen molar-refractivity contribution in [3.05, 3.63) is 66.2 Å². The Morgan fingerprint density at radius 3 is 2.44 bits per heavy atom. The van der Waals surface area contributed by atoms with Crippen LogP contribution in [0.4, 0.5) is 0 Å². The Hall–Kier alpha value is -2.54. The number of nitrogens with zero attached hydrogens (tertiary/aromatic N) is 1. The van der Waals surface area contributed by atoms with Crippen LogP contribution in [0.3, 0.4) is 0 Å². The van der Waals surface area contributed by atoms with Crippen molar-refractivity contribution in [2.75, 3.05) is 13.1 Å². The summed E-state index contributed by atoms with van der Waals surface area (Å²) in [4.78, 5) is 2.63. The molecule has 4 aromatic rings. The standard InChI is InChI=1S/C24H21N/c1-4-17-7-8-19-9-11-20(21-12-10-18(5-1)23(17)24(19)21)22-13-6-16-3-2-14-25(22)15-16/h1,4-5,7-13,16H,2-3,6,14-15H2/t16-/m0/s1. The molecule has 0 unspecified atom stereocenters. The zero-order valence-corrected chi connectivity index (χ0v) is 14.3. The Morgan fingerprint density at radius 2 is 1.56 bits per heavy atom. The number of hydrogen-bond donors (Lipinski definition) is 0. The molecular weight excluding hydrogens is 302 g/mol. The van der Waals surface area contributed by atoms with E-state index in [1.54, 1.807) is 0 Å². The SMILES string of the molecule is C1=C(c2ccc3ccc4cccc5ccc2c3c45)N2CCC[C@@H](C1)C2. The number of benzene rings is 4. The van der Waals surface area contributed by atoms with Crippen LogP contribution in [0.1, 0.15) is 24.8 Å². The van der Waals surface area contributed by atoms with E-state index in [1.807, 2.05) is 0 Å². The van der Waals surface area contributed by atoms with E-state index in [2.05, 4.69) is 65.6 Å². The first-order valence-electron chi connectivity index (χ1n) is 9.50. The van der Waals surface area contributed by atoms with Crippen molar-refractivity contribution in [3.8, 4) is 0 Å². The smallest absolute Gasteiger partial charge is 0.0405 e. The first kappa shape index (κ1) is 13.7. The van der Waals surface area contributed by atoms with E-state index < -0.39 is 0 Å². The van der Waals surface area contributed by atoms with Crippen molar-refractivity contribution in [2.24, 2.45) is 5.92 Å². The van der Waals surface area contributed by atoms with E-state index in [4.69, 9.17) is 0 Å². The fourth-order valence-electron chi connectivity index (χ4n) is 5.12. The maximum absolute atomic E-state index is 2.63. The molecule has 4 aromatic carbocycles. The average Bonchev–Trinajstić information content (AvgIpc) is 2.67. The van der Waals surface area contributed by atoms with E-state index in [-0.39, 0.29) is 0 Å². The highest BCUT2D eigenvalue weighted by Gasteiger charge is 2.26. The van der Waals surface area contributed by atoms with Gasteiger partial charge in [0.15, 0.2) is 0 Å². The van der Waals surface area contributed by atoms with Gasteiger partial charge in [0.05, 0.1) is 0 Å². The molecule has 1 fully saturated rings. The molecule has 1 atom stereocenters. The molecule has 2 bridgehead atoms. The molecule has 0 N–H and O–H groups in total. The number of allylic oxidation sites excluding steroid dienone is 1. The zero-order chi connectivity index (χ0) is 16.4. The molecule has 0 radical (unpaired) electrons. The van der Waals surface area contributed by atoms with Crippen LogP contribution in [0.5, 0.6) is 0 Å². The van der Waals surface area contributed by atoms with Gasteiger partial charge >= 0.3 is 0 Å². The van der Waals surface area contributed by atoms with E-state index >= 15 is 0 Å². The van der Waals surface area contributed by atoms with Gasteiger partial charge in [-0.25, -0.2) is 0 Å². The molecule has 6 rings (SSSR count). The molecule has 25 heavy (non-hydrogen) atoms. The predicted octanol–water partition coefficient (Wildman–Crippen LogP) is 6.04. The summed E-state index contributed by atoms with van der Waals surface area (Å²) in [5, 5.41) is 8.33. The predicted molar refractivity (Wildman–Crippen MR) is 107 cm³/mol. The van der Waals surface area contributed by atoms with Crippen molar-refractivity contribution in [3.63, 3.8) is 0 Å². The molecule has 0 saturated carbocycles. The highest BCUT2D eigenvalue weighted by molar-refractivity contribution is 6.24. The van der Waals surface area contributed by atoms with Crippen molar-refractivity contribution >= 4 is 38.0 Å². The normalized spacial score (nSPS) is 20.6. The Morgan fingerprint density at radius 1 is 0.800 bits per heavy atom. The summed E-state index contributed by atoms with van der Waals surface area (Å²) in [5.41, 5.74) is 2.89. The summed E-state index contributed by atoms with van der Waals surface area (Å²) in [6.07, 6.45) is 6.49. The lowest BCUT2D eigenvalue weighted by molar-refractivity contribution is 0.234. The molecule has 1 heteroatoms. The lowest BCUT2D eigenvalue weighted by atomic mass is 9.86. The molecule has 2 aliphatic rings. The maximum atomic E-state index is 2.63. The molecule has 0 amide bonds. The van der Waals surface area contributed by atoms with Crippen molar-refractivity contribution < 1.29 is 0 Å². The van der Waals surface area contributed by atoms with Gasteiger partial charge in [-0.05, 0) is 57.5 Å². The minimum Gasteiger partial charge on any atom is -0.371 e. The van der Waals surface area contributed by atoms with Crippen LogP contribution in [-0.2, 0) is 0 Å². The quantitative estimate of drug-likeness (QED) is 0.386. The van der Waals surface area contributed by atoms with Crippen LogP contribution in [0, 0.1) is 5.92 Å². The van der Waals surface area contributed by atoms with Crippen LogP contribution >= 0.6 is 0 Å². The summed E-state index contributed by atoms with van der Waals surface area (Å²) in [7, 11) is 0. The second-order valence-corrected chi connectivity index (χ2v) is 7.75. The minimum absolute atomic E-state index is 0.872. The first-order valence-corrected chi connectivity index (χ1v) is 9.50. The molecule has 2 aliphatic heterocycles. The van der Waals surface area contributed by atoms with Crippen molar-refractivity contribution in [1.82, 2.24) is 4.90 Å². The Balaban J connectivity index is 1.68. The second kappa shape index (κ2) is 4.98. The molecular formula is C24H21N. The van der Waals surface area contributed by atoms with Crippen LogP contribution in [0.2, 0.25) is 0 Å². The third-order valence-electron chi connectivity index (χ3n) is 6.31. The first-order chi connectivity index (χ1) is 12.4. The highest BCUT2D eigenvalue weighted by Crippen LogP contribution is 2.40. The minimum atomic E-state index is 0.872. The fourth-order valence-corrected chi connectivity index (χ4v) is 5.12. The molecule has 0 spiro atoms. The van der Waals surface area contributed by atoms with Gasteiger partial charge in [-0.3, -0.25) is 0 Å². The fraction of sp³-hybridized carbons (Fsp3) is 0.250. The lowest BCUT2D eigenvalue weighted by Gasteiger charge is -2.40. The molecule has 2 heterocycles. The monoisotopic (exact) mass is 323 g/mol. The van der Waals surface area contributed by atoms with Gasteiger partial charge in [0.2, 0.25) is 0 Å². The largest absolute Gasteiger partial charge is 0.371 e. The van der Waals surface area contributed by atoms with Gasteiger partial charge in [-0.2, -0.15) is 0 Å². The van der Waals surface area contributed by atoms with Gasteiger partial charge in [-0.1, -0.05) is 60.7 Å². The van der Waals surface area contributed by atoms with Crippen LogP contribution in [-0.4, -0.2) is 18.0 Å². The van der Waals surface area contributed by atoms with Gasteiger partial charge in [0.1, 0.15) is 0 Å². The second-order valence-electron chi connectivity index (χ2n) is 7.75. The summed E-state index contributed by atoms with van der Waals surface area (Å²) < 4.78 is 0. The summed E-state index contributed by atoms with van der Waals surface area (Å²) in [5.74, 6) is 0.872. The zero-order valence-electron chi connectivity index (χ0n) is 14.3. The van der Waals surface area contributed by atoms with Gasteiger partial charge in [-0.15, -0.1) is 0 Å². The summed E-state index contributed by atoms with van der Waals surface area (Å²) in [6.45, 7) is 2.46. The maximum Gasteiger partial charge on any atom is 0.0405 e. The van der Waals surface area contributed by atoms with Crippen LogP contribution < -0.4 is 0 Å². The van der Waals surface area contributed by atoms with Crippen molar-refractivity contribution in [2.45, 2.75) is 19.3 Å². The average molecular weight is 323 g/mol. The Bertz CT molecular complexity index is 1120. The van der Waals surface area contributed by atoms with Crippen LogP contribution in [0.15, 0.2) is 60.7 Å². The molecule has 0 aliphatic carbocycles. The molecule has 0 aromatic heterocycles. The van der Waals surface area contributed by atoms with Gasteiger partial charge in [0, 0.05) is 24.4 Å². The number of fused-ring (bicyclic) bond motifs is 2. The van der Waals surface area contributed by atoms with E-state index in [0.29, 0.717) is 0 Å². The lowest BCUT2D eigenvalue weighted by Crippen LogP contribution is -2.36. The van der Waals surface area contributed by atoms with Crippen molar-refractivity contribution in [1.29, 1.82) is 0 Å². The molecule has 1 nitrogen and oxygen atoms in total. The van der Waals surface area contributed by atoms with Crippen LogP contribution in [0.25, 0.3) is 38.0 Å². The highest BCUT2D eigenvalue weighted by atomic mass is 15.1. The van der Waals surface area contributed by atoms with E-state index in [1.165, 1.54) is 75.9 Å². The Kier molecular flexibility index (Phi) is 2.73. The number of piperidine rings is 1. The van der Waals surface area contributed by atoms with E-state index in [9.17, 15) is 0 Å². The third-order valence-corrected chi connectivity index (χ3v) is 6.31. The third kappa shape index (κ3) is 1.90. The molecule has 1 saturated heterocycles. The van der Waals surface area contributed by atoms with E-state index in [0.717, 1.165) is 5.92 Å². The summed E-state index contributed by atoms with van der Waals surface area (Å²) in [6, 6.07) is 20.5. The Labute approximate surface area is 147 Å². The summed E-state index contributed by atoms with van der Waals surface area (Å²) >= 11 is 0. The number of hydrogen-bond acceptors (Lipinski definition) is 1. The topological polar surface area (TPSA) is 3.24 Å². The molecule has 122 valence electrons.